The fourth-order valence-corrected chi connectivity index (χ4v) is 5.56. The van der Waals surface area contributed by atoms with Gasteiger partial charge in [-0.1, -0.05) is 90.9 Å². The van der Waals surface area contributed by atoms with Crippen LogP contribution < -0.4 is 4.74 Å². The smallest absolute Gasteiger partial charge is 0.314 e. The van der Waals surface area contributed by atoms with E-state index in [1.165, 1.54) is 89.2 Å². The Hall–Kier alpha value is -2.30. The molecule has 1 saturated carbocycles. The topological polar surface area (TPSA) is 52.1 Å². The van der Waals surface area contributed by atoms with Crippen LogP contribution in [0.15, 0.2) is 30.6 Å². The van der Waals surface area contributed by atoms with E-state index in [9.17, 15) is 9.18 Å². The zero-order chi connectivity index (χ0) is 27.0. The van der Waals surface area contributed by atoms with Crippen molar-refractivity contribution < 1.29 is 13.9 Å². The van der Waals surface area contributed by atoms with Gasteiger partial charge in [0, 0.05) is 18.0 Å². The highest BCUT2D eigenvalue weighted by molar-refractivity contribution is 5.75. The lowest BCUT2D eigenvalue weighted by molar-refractivity contribution is -0.140. The molecule has 210 valence electrons. The lowest BCUT2D eigenvalue weighted by atomic mass is 9.80. The number of carbonyl (C=O) groups is 1. The van der Waals surface area contributed by atoms with Gasteiger partial charge in [0.05, 0.1) is 5.92 Å². The molecule has 0 spiro atoms. The average Bonchev–Trinajstić information content (AvgIpc) is 2.94. The van der Waals surface area contributed by atoms with Crippen LogP contribution in [0.5, 0.6) is 5.75 Å². The Kier molecular flexibility index (Phi) is 13.8. The second-order valence-electron chi connectivity index (χ2n) is 11.3. The number of rotatable bonds is 17. The Balaban J connectivity index is 1.39. The normalized spacial score (nSPS) is 17.4. The van der Waals surface area contributed by atoms with E-state index >= 15 is 0 Å². The molecule has 0 N–H and O–H groups in total. The van der Waals surface area contributed by atoms with E-state index in [1.54, 1.807) is 6.07 Å². The highest BCUT2D eigenvalue weighted by Gasteiger charge is 2.28. The fraction of sp³-hybridized carbons (Fsp3) is 0.667. The monoisotopic (exact) mass is 524 g/mol. The van der Waals surface area contributed by atoms with Crippen LogP contribution in [0.3, 0.4) is 0 Å². The minimum atomic E-state index is -0.550. The highest BCUT2D eigenvalue weighted by atomic mass is 19.1. The molecule has 0 bridgehead atoms. The predicted octanol–water partition coefficient (Wildman–Crippen LogP) is 9.65. The van der Waals surface area contributed by atoms with Gasteiger partial charge in [0.2, 0.25) is 0 Å². The van der Waals surface area contributed by atoms with E-state index in [0.29, 0.717) is 11.4 Å². The maximum Gasteiger partial charge on any atom is 0.314 e. The lowest BCUT2D eigenvalue weighted by Crippen LogP contribution is -2.26. The lowest BCUT2D eigenvalue weighted by Gasteiger charge is -2.27. The molecular formula is C33H49FN2O2. The first-order chi connectivity index (χ1) is 18.6. The maximum atomic E-state index is 14.8. The van der Waals surface area contributed by atoms with Gasteiger partial charge in [-0.15, -0.1) is 0 Å². The molecule has 1 aliphatic rings. The molecule has 0 unspecified atom stereocenters. The zero-order valence-corrected chi connectivity index (χ0v) is 23.9. The number of halogens is 1. The first-order valence-electron chi connectivity index (χ1n) is 15.4. The molecule has 1 fully saturated rings. The molecule has 0 saturated heterocycles. The van der Waals surface area contributed by atoms with Crippen LogP contribution in [-0.4, -0.2) is 15.9 Å². The van der Waals surface area contributed by atoms with Crippen LogP contribution in [-0.2, 0) is 11.2 Å². The van der Waals surface area contributed by atoms with E-state index in [1.807, 2.05) is 12.4 Å². The number of esters is 1. The quantitative estimate of drug-likeness (QED) is 0.117. The van der Waals surface area contributed by atoms with E-state index in [2.05, 4.69) is 23.8 Å². The van der Waals surface area contributed by atoms with E-state index in [4.69, 9.17) is 4.74 Å². The molecule has 3 rings (SSSR count). The van der Waals surface area contributed by atoms with E-state index < -0.39 is 5.82 Å². The minimum absolute atomic E-state index is 0.00852. The van der Waals surface area contributed by atoms with Crippen LogP contribution in [0.1, 0.15) is 129 Å². The summed E-state index contributed by atoms with van der Waals surface area (Å²) in [7, 11) is 0. The van der Waals surface area contributed by atoms with Crippen molar-refractivity contribution >= 4 is 5.97 Å². The number of aromatic nitrogens is 2. The van der Waals surface area contributed by atoms with Gasteiger partial charge < -0.3 is 4.74 Å². The molecule has 0 amide bonds. The largest absolute Gasteiger partial charge is 0.423 e. The second kappa shape index (κ2) is 17.3. The van der Waals surface area contributed by atoms with Crippen molar-refractivity contribution in [3.63, 3.8) is 0 Å². The molecular weight excluding hydrogens is 475 g/mol. The summed E-state index contributed by atoms with van der Waals surface area (Å²) in [6.45, 7) is 4.48. The van der Waals surface area contributed by atoms with E-state index in [-0.39, 0.29) is 17.6 Å². The van der Waals surface area contributed by atoms with Crippen molar-refractivity contribution in [2.45, 2.75) is 129 Å². The Morgan fingerprint density at radius 1 is 0.842 bits per heavy atom. The first-order valence-corrected chi connectivity index (χ1v) is 15.4. The third-order valence-electron chi connectivity index (χ3n) is 8.07. The molecule has 1 heterocycles. The van der Waals surface area contributed by atoms with Crippen molar-refractivity contribution in [2.24, 2.45) is 11.8 Å². The number of benzene rings is 1. The van der Waals surface area contributed by atoms with Gasteiger partial charge in [0.1, 0.15) is 0 Å². The number of unbranched alkanes of at least 4 members (excludes halogenated alkanes) is 10. The summed E-state index contributed by atoms with van der Waals surface area (Å²) in [5.41, 5.74) is 1.70. The summed E-state index contributed by atoms with van der Waals surface area (Å²) in [6.07, 6.45) is 25.3. The number of hydrogen-bond donors (Lipinski definition) is 0. The maximum absolute atomic E-state index is 14.8. The van der Waals surface area contributed by atoms with Crippen molar-refractivity contribution in [1.29, 1.82) is 0 Å². The van der Waals surface area contributed by atoms with Gasteiger partial charge in [-0.25, -0.2) is 14.4 Å². The third-order valence-corrected chi connectivity index (χ3v) is 8.07. The van der Waals surface area contributed by atoms with Gasteiger partial charge in [0.25, 0.3) is 0 Å². The second-order valence-corrected chi connectivity index (χ2v) is 11.3. The number of carbonyl (C=O) groups excluding carboxylic acids is 1. The summed E-state index contributed by atoms with van der Waals surface area (Å²) in [4.78, 5) is 21.6. The molecule has 5 heteroatoms. The van der Waals surface area contributed by atoms with Crippen molar-refractivity contribution in [3.8, 4) is 17.1 Å². The summed E-state index contributed by atoms with van der Waals surface area (Å²) < 4.78 is 20.3. The number of nitrogens with zero attached hydrogens (tertiary/aromatic N) is 2. The van der Waals surface area contributed by atoms with Gasteiger partial charge >= 0.3 is 5.97 Å². The Morgan fingerprint density at radius 3 is 2.08 bits per heavy atom. The average molecular weight is 525 g/mol. The molecule has 0 atom stereocenters. The first kappa shape index (κ1) is 30.2. The molecule has 0 radical (unpaired) electrons. The number of aryl methyl sites for hydroxylation is 1. The SMILES string of the molecule is CCCCCCCCCCCc1cnc(-c2ccc(OC(=O)[C@H]3CC[C@H](CCCCC)CC3)c(F)c2)nc1. The highest BCUT2D eigenvalue weighted by Crippen LogP contribution is 2.33. The summed E-state index contributed by atoms with van der Waals surface area (Å²) in [5.74, 6) is 0.216. The molecule has 1 aromatic heterocycles. The molecule has 2 aromatic rings. The van der Waals surface area contributed by atoms with Crippen LogP contribution in [0, 0.1) is 17.7 Å². The van der Waals surface area contributed by atoms with Crippen LogP contribution in [0.4, 0.5) is 4.39 Å². The van der Waals surface area contributed by atoms with Crippen LogP contribution in [0.2, 0.25) is 0 Å². The summed E-state index contributed by atoms with van der Waals surface area (Å²) in [5, 5.41) is 0. The van der Waals surface area contributed by atoms with Gasteiger partial charge in [0.15, 0.2) is 17.4 Å². The van der Waals surface area contributed by atoms with Crippen LogP contribution in [0.25, 0.3) is 11.4 Å². The zero-order valence-electron chi connectivity index (χ0n) is 23.9. The molecule has 0 aliphatic heterocycles. The number of ether oxygens (including phenoxy) is 1. The van der Waals surface area contributed by atoms with Crippen molar-refractivity contribution in [1.82, 2.24) is 9.97 Å². The standard InChI is InChI=1S/C33H49FN2O2/c1-3-5-7-8-9-10-11-12-14-16-27-24-35-32(36-25-27)29-21-22-31(30(34)23-29)38-33(37)28-19-17-26(18-20-28)15-13-6-4-2/h21-26,28H,3-20H2,1-2H3/t26-,28-. The molecule has 1 aromatic carbocycles. The van der Waals surface area contributed by atoms with Gasteiger partial charge in [-0.2, -0.15) is 0 Å². The Morgan fingerprint density at radius 2 is 1.45 bits per heavy atom. The third kappa shape index (κ3) is 10.5. The molecule has 1 aliphatic carbocycles. The fourth-order valence-electron chi connectivity index (χ4n) is 5.56. The summed E-state index contributed by atoms with van der Waals surface area (Å²) >= 11 is 0. The molecule has 4 nitrogen and oxygen atoms in total. The van der Waals surface area contributed by atoms with E-state index in [0.717, 1.165) is 50.0 Å². The van der Waals surface area contributed by atoms with Crippen molar-refractivity contribution in [3.05, 3.63) is 42.0 Å². The molecule has 38 heavy (non-hydrogen) atoms. The minimum Gasteiger partial charge on any atom is -0.423 e. The van der Waals surface area contributed by atoms with Gasteiger partial charge in [-0.3, -0.25) is 4.79 Å². The summed E-state index contributed by atoms with van der Waals surface area (Å²) in [6, 6.07) is 4.62. The van der Waals surface area contributed by atoms with Gasteiger partial charge in [-0.05, 0) is 68.2 Å². The Labute approximate surface area is 230 Å². The van der Waals surface area contributed by atoms with Crippen LogP contribution >= 0.6 is 0 Å². The predicted molar refractivity (Wildman–Crippen MR) is 154 cm³/mol. The van der Waals surface area contributed by atoms with Crippen molar-refractivity contribution in [2.75, 3.05) is 0 Å². The Bertz CT molecular complexity index is 939. The number of hydrogen-bond acceptors (Lipinski definition) is 4.